The van der Waals surface area contributed by atoms with Crippen LogP contribution in [0.5, 0.6) is 0 Å². The van der Waals surface area contributed by atoms with Crippen LogP contribution in [-0.2, 0) is 15.7 Å². The Kier molecular flexibility index (Phi) is 7.92. The summed E-state index contributed by atoms with van der Waals surface area (Å²) >= 11 is 0. The van der Waals surface area contributed by atoms with Gasteiger partial charge in [-0.15, -0.1) is 0 Å². The topological polar surface area (TPSA) is 101 Å². The van der Waals surface area contributed by atoms with Crippen LogP contribution >= 0.6 is 0 Å². The zero-order chi connectivity index (χ0) is 25.7. The second-order valence-corrected chi connectivity index (χ2v) is 8.95. The van der Waals surface area contributed by atoms with E-state index >= 15 is 0 Å². The van der Waals surface area contributed by atoms with Gasteiger partial charge in [-0.2, -0.15) is 13.2 Å². The molecule has 1 aromatic carbocycles. The Balaban J connectivity index is 1.20. The van der Waals surface area contributed by atoms with Gasteiger partial charge in [-0.1, -0.05) is 18.2 Å². The van der Waals surface area contributed by atoms with E-state index in [1.807, 2.05) is 23.1 Å². The van der Waals surface area contributed by atoms with Crippen molar-refractivity contribution in [1.29, 1.82) is 0 Å². The highest BCUT2D eigenvalue weighted by Crippen LogP contribution is 2.35. The van der Waals surface area contributed by atoms with Gasteiger partial charge in [-0.3, -0.25) is 14.9 Å². The number of piperazine rings is 1. The number of nitrogens with zero attached hydrogens (tertiary/aromatic N) is 4. The van der Waals surface area contributed by atoms with E-state index in [0.29, 0.717) is 38.8 Å². The quantitative estimate of drug-likeness (QED) is 0.445. The maximum absolute atomic E-state index is 13.2. The number of benzene rings is 1. The van der Waals surface area contributed by atoms with E-state index in [2.05, 4.69) is 27.3 Å². The molecule has 36 heavy (non-hydrogen) atoms. The molecule has 0 spiro atoms. The lowest BCUT2D eigenvalue weighted by atomic mass is 9.93. The van der Waals surface area contributed by atoms with Crippen LogP contribution in [0.2, 0.25) is 0 Å². The number of carbonyl (C=O) groups excluding carboxylic acids is 1. The zero-order valence-electron chi connectivity index (χ0n) is 19.6. The molecule has 2 aromatic rings. The first-order valence-corrected chi connectivity index (χ1v) is 11.9. The largest absolute Gasteiger partial charge is 0.440 e. The summed E-state index contributed by atoms with van der Waals surface area (Å²) in [5.74, 6) is -0.0974. The monoisotopic (exact) mass is 507 g/mol. The Bertz CT molecular complexity index is 1050. The number of alkyl halides is 3. The molecule has 1 aliphatic heterocycles. The lowest BCUT2D eigenvalue weighted by Gasteiger charge is -2.36. The molecule has 1 amide bonds. The van der Waals surface area contributed by atoms with E-state index in [9.17, 15) is 28.1 Å². The van der Waals surface area contributed by atoms with E-state index in [-0.39, 0.29) is 30.5 Å². The minimum atomic E-state index is -4.92. The van der Waals surface area contributed by atoms with Gasteiger partial charge in [0.05, 0.1) is 11.0 Å². The first-order valence-electron chi connectivity index (χ1n) is 11.9. The molecular formula is C24H28F3N5O4. The summed E-state index contributed by atoms with van der Waals surface area (Å²) in [6.07, 6.45) is -2.50. The molecule has 9 nitrogen and oxygen atoms in total. The maximum atomic E-state index is 13.2. The molecule has 4 rings (SSSR count). The second-order valence-electron chi connectivity index (χ2n) is 8.95. The minimum absolute atomic E-state index is 0.00689. The summed E-state index contributed by atoms with van der Waals surface area (Å²) < 4.78 is 45.3. The number of nitrogens with one attached hydrogen (secondary N) is 1. The van der Waals surface area contributed by atoms with E-state index < -0.39 is 22.5 Å². The Hall–Kier alpha value is -3.41. The van der Waals surface area contributed by atoms with Crippen LogP contribution in [0, 0.1) is 10.1 Å². The van der Waals surface area contributed by atoms with Crippen molar-refractivity contribution in [3.63, 3.8) is 0 Å². The summed E-state index contributed by atoms with van der Waals surface area (Å²) in [6, 6.07) is 11.9. The summed E-state index contributed by atoms with van der Waals surface area (Å²) in [4.78, 5) is 29.9. The fraction of sp³-hybridized carbons (Fsp3) is 0.500. The molecule has 0 unspecified atom stereocenters. The van der Waals surface area contributed by atoms with Crippen LogP contribution in [0.3, 0.4) is 0 Å². The summed E-state index contributed by atoms with van der Waals surface area (Å²) in [5.41, 5.74) is -1.45. The van der Waals surface area contributed by atoms with Crippen LogP contribution < -0.4 is 10.2 Å². The van der Waals surface area contributed by atoms with Gasteiger partial charge < -0.3 is 19.9 Å². The van der Waals surface area contributed by atoms with Crippen LogP contribution in [0.25, 0.3) is 0 Å². The number of para-hydroxylation sites is 1. The van der Waals surface area contributed by atoms with E-state index in [0.717, 1.165) is 24.8 Å². The van der Waals surface area contributed by atoms with Crippen molar-refractivity contribution in [2.75, 3.05) is 43.0 Å². The highest BCUT2D eigenvalue weighted by atomic mass is 19.4. The van der Waals surface area contributed by atoms with Crippen molar-refractivity contribution >= 4 is 23.1 Å². The normalized spacial score (nSPS) is 20.8. The van der Waals surface area contributed by atoms with E-state index in [4.69, 9.17) is 4.74 Å². The van der Waals surface area contributed by atoms with Gasteiger partial charge in [-0.05, 0) is 43.9 Å². The Morgan fingerprint density at radius 1 is 1.06 bits per heavy atom. The number of amides is 1. The molecular weight excluding hydrogens is 479 g/mol. The molecule has 2 heterocycles. The van der Waals surface area contributed by atoms with Gasteiger partial charge in [0.2, 0.25) is 11.6 Å². The summed E-state index contributed by atoms with van der Waals surface area (Å²) in [7, 11) is 0. The third-order valence-corrected chi connectivity index (χ3v) is 6.56. The second kappa shape index (κ2) is 11.1. The van der Waals surface area contributed by atoms with Crippen molar-refractivity contribution < 1.29 is 27.6 Å². The SMILES string of the molecule is O=C(COC1CCC(Nc2ccc([N+](=O)[O-])c(C(F)(F)F)n2)CC1)N1CCN(c2ccccc2)CC1. The molecule has 1 saturated carbocycles. The molecule has 1 aromatic heterocycles. The highest BCUT2D eigenvalue weighted by Gasteiger charge is 2.40. The van der Waals surface area contributed by atoms with E-state index in [1.165, 1.54) is 6.07 Å². The lowest BCUT2D eigenvalue weighted by molar-refractivity contribution is -0.388. The van der Waals surface area contributed by atoms with Gasteiger partial charge in [0, 0.05) is 44.0 Å². The number of carbonyl (C=O) groups is 1. The highest BCUT2D eigenvalue weighted by molar-refractivity contribution is 5.77. The molecule has 0 bridgehead atoms. The molecule has 2 aliphatic rings. The van der Waals surface area contributed by atoms with Gasteiger partial charge in [0.1, 0.15) is 12.4 Å². The summed E-state index contributed by atoms with van der Waals surface area (Å²) in [6.45, 7) is 2.80. The first-order chi connectivity index (χ1) is 17.2. The average molecular weight is 508 g/mol. The standard InChI is InChI=1S/C24H28F3N5O4/c25-24(26,27)23-20(32(34)35)10-11-21(29-23)28-17-6-8-19(9-7-17)36-16-22(33)31-14-12-30(13-15-31)18-4-2-1-3-5-18/h1-5,10-11,17,19H,6-9,12-16H2,(H,28,29). The Labute approximate surface area is 206 Å². The number of hydrogen-bond donors (Lipinski definition) is 1. The van der Waals surface area contributed by atoms with Crippen LogP contribution in [0.4, 0.5) is 30.4 Å². The van der Waals surface area contributed by atoms with Gasteiger partial charge >= 0.3 is 6.18 Å². The predicted octanol–water partition coefficient (Wildman–Crippen LogP) is 4.10. The molecule has 1 aliphatic carbocycles. The van der Waals surface area contributed by atoms with Crippen molar-refractivity contribution in [3.8, 4) is 0 Å². The fourth-order valence-electron chi connectivity index (χ4n) is 4.60. The molecule has 12 heteroatoms. The molecule has 0 atom stereocenters. The van der Waals surface area contributed by atoms with Gasteiger partial charge in [0.15, 0.2) is 0 Å². The molecule has 0 radical (unpaired) electrons. The number of rotatable bonds is 7. The molecule has 2 fully saturated rings. The average Bonchev–Trinajstić information content (AvgIpc) is 2.88. The Morgan fingerprint density at radius 2 is 1.72 bits per heavy atom. The number of pyridine rings is 1. The molecule has 1 N–H and O–H groups in total. The van der Waals surface area contributed by atoms with E-state index in [1.54, 1.807) is 0 Å². The Morgan fingerprint density at radius 3 is 2.33 bits per heavy atom. The van der Waals surface area contributed by atoms with Crippen molar-refractivity contribution in [3.05, 3.63) is 58.3 Å². The van der Waals surface area contributed by atoms with Crippen molar-refractivity contribution in [1.82, 2.24) is 9.88 Å². The van der Waals surface area contributed by atoms with Crippen LogP contribution in [-0.4, -0.2) is 65.6 Å². The van der Waals surface area contributed by atoms with Crippen LogP contribution in [0.1, 0.15) is 31.4 Å². The fourth-order valence-corrected chi connectivity index (χ4v) is 4.60. The number of nitro groups is 1. The number of halogens is 3. The van der Waals surface area contributed by atoms with Gasteiger partial charge in [-0.25, -0.2) is 4.98 Å². The smallest absolute Gasteiger partial charge is 0.368 e. The summed E-state index contributed by atoms with van der Waals surface area (Å²) in [5, 5.41) is 13.8. The number of aromatic nitrogens is 1. The number of anilines is 2. The zero-order valence-corrected chi connectivity index (χ0v) is 19.6. The lowest BCUT2D eigenvalue weighted by Crippen LogP contribution is -2.50. The maximum Gasteiger partial charge on any atom is 0.440 e. The molecule has 194 valence electrons. The third-order valence-electron chi connectivity index (χ3n) is 6.56. The number of hydrogen-bond acceptors (Lipinski definition) is 7. The minimum Gasteiger partial charge on any atom is -0.368 e. The third kappa shape index (κ3) is 6.42. The molecule has 1 saturated heterocycles. The van der Waals surface area contributed by atoms with Gasteiger partial charge in [0.25, 0.3) is 5.69 Å². The number of ether oxygens (including phenoxy) is 1. The van der Waals surface area contributed by atoms with Crippen molar-refractivity contribution in [2.45, 2.75) is 44.0 Å². The van der Waals surface area contributed by atoms with Crippen molar-refractivity contribution in [2.24, 2.45) is 0 Å². The first kappa shape index (κ1) is 25.7. The van der Waals surface area contributed by atoms with Crippen LogP contribution in [0.15, 0.2) is 42.5 Å². The predicted molar refractivity (Wildman–Crippen MR) is 127 cm³/mol.